The van der Waals surface area contributed by atoms with E-state index in [1.165, 1.54) is 12.3 Å². The van der Waals surface area contributed by atoms with Crippen molar-refractivity contribution in [2.75, 3.05) is 18.1 Å². The summed E-state index contributed by atoms with van der Waals surface area (Å²) < 4.78 is 23.6. The summed E-state index contributed by atoms with van der Waals surface area (Å²) in [6.07, 6.45) is 2.39. The van der Waals surface area contributed by atoms with Crippen molar-refractivity contribution >= 4 is 33.4 Å². The van der Waals surface area contributed by atoms with Crippen LogP contribution in [0.15, 0.2) is 12.3 Å². The molecular formula is C9H11ClN4O4S. The fraction of sp³-hybridized carbons (Fsp3) is 0.444. The Labute approximate surface area is 114 Å². The molecule has 0 spiro atoms. The Hall–Kier alpha value is -1.45. The van der Waals surface area contributed by atoms with Crippen LogP contribution in [-0.2, 0) is 14.8 Å². The number of halogens is 1. The second-order valence-electron chi connectivity index (χ2n) is 4.08. The molecule has 2 N–H and O–H groups in total. The van der Waals surface area contributed by atoms with Crippen LogP contribution in [0.2, 0.25) is 5.28 Å². The second kappa shape index (κ2) is 4.91. The molecule has 104 valence electrons. The summed E-state index contributed by atoms with van der Waals surface area (Å²) in [5, 5.41) is 11.9. The fourth-order valence-corrected chi connectivity index (χ4v) is 3.07. The maximum atomic E-state index is 11.4. The van der Waals surface area contributed by atoms with E-state index in [-0.39, 0.29) is 11.8 Å². The van der Waals surface area contributed by atoms with Gasteiger partial charge in [-0.25, -0.2) is 18.4 Å². The number of nitrogens with zero attached hydrogens (tertiary/aromatic N) is 3. The minimum atomic E-state index is -3.54. The molecule has 1 aromatic heterocycles. The summed E-state index contributed by atoms with van der Waals surface area (Å²) in [6, 6.07) is -0.185. The second-order valence-corrected chi connectivity index (χ2v) is 6.35. The number of rotatable bonds is 4. The van der Waals surface area contributed by atoms with Gasteiger partial charge in [-0.2, -0.15) is 4.31 Å². The van der Waals surface area contributed by atoms with Crippen LogP contribution in [-0.4, -0.2) is 58.7 Å². The molecule has 10 heteroatoms. The molecule has 0 aliphatic carbocycles. The number of aromatic nitrogens is 2. The maximum absolute atomic E-state index is 11.4. The first-order chi connectivity index (χ1) is 8.79. The number of nitrogens with one attached hydrogen (secondary N) is 1. The number of aliphatic carboxylic acids is 1. The SMILES string of the molecule is CS(=O)(=O)N1CC(Nc2ccnc(Cl)n2)C1C(=O)O. The highest BCUT2D eigenvalue weighted by Gasteiger charge is 2.49. The molecular weight excluding hydrogens is 296 g/mol. The molecule has 1 aliphatic rings. The molecule has 0 radical (unpaired) electrons. The Kier molecular flexibility index (Phi) is 3.61. The van der Waals surface area contributed by atoms with Gasteiger partial charge in [-0.1, -0.05) is 0 Å². The van der Waals surface area contributed by atoms with E-state index in [9.17, 15) is 13.2 Å². The molecule has 1 aliphatic heterocycles. The van der Waals surface area contributed by atoms with Crippen molar-refractivity contribution in [3.8, 4) is 0 Å². The number of carbonyl (C=O) groups is 1. The van der Waals surface area contributed by atoms with Gasteiger partial charge in [0.25, 0.3) is 0 Å². The van der Waals surface area contributed by atoms with Gasteiger partial charge in [0.1, 0.15) is 11.9 Å². The number of carboxylic acids is 1. The van der Waals surface area contributed by atoms with Crippen LogP contribution in [0.25, 0.3) is 0 Å². The van der Waals surface area contributed by atoms with E-state index in [0.717, 1.165) is 10.6 Å². The van der Waals surface area contributed by atoms with Crippen LogP contribution >= 0.6 is 11.6 Å². The number of sulfonamides is 1. The fourth-order valence-electron chi connectivity index (χ4n) is 1.84. The highest BCUT2D eigenvalue weighted by molar-refractivity contribution is 7.88. The Balaban J connectivity index is 2.13. The normalized spacial score (nSPS) is 23.7. The molecule has 19 heavy (non-hydrogen) atoms. The van der Waals surface area contributed by atoms with Gasteiger partial charge in [-0.05, 0) is 17.7 Å². The molecule has 2 atom stereocenters. The van der Waals surface area contributed by atoms with Gasteiger partial charge in [0.05, 0.1) is 12.3 Å². The summed E-state index contributed by atoms with van der Waals surface area (Å²) in [5.74, 6) is -0.862. The van der Waals surface area contributed by atoms with E-state index in [1.807, 2.05) is 0 Å². The zero-order valence-electron chi connectivity index (χ0n) is 9.82. The van der Waals surface area contributed by atoms with Crippen molar-refractivity contribution in [3.05, 3.63) is 17.5 Å². The first-order valence-electron chi connectivity index (χ1n) is 5.24. The zero-order chi connectivity index (χ0) is 14.2. The lowest BCUT2D eigenvalue weighted by atomic mass is 10.0. The van der Waals surface area contributed by atoms with Crippen molar-refractivity contribution in [2.45, 2.75) is 12.1 Å². The van der Waals surface area contributed by atoms with E-state index in [2.05, 4.69) is 15.3 Å². The van der Waals surface area contributed by atoms with Crippen LogP contribution in [0.3, 0.4) is 0 Å². The summed E-state index contributed by atoms with van der Waals surface area (Å²) in [5.41, 5.74) is 0. The standard InChI is InChI=1S/C9H11ClN4O4S/c1-19(17,18)14-4-5(7(14)8(15)16)12-6-2-3-11-9(10)13-6/h2-3,5,7H,4H2,1H3,(H,15,16)(H,11,12,13). The van der Waals surface area contributed by atoms with Crippen molar-refractivity contribution in [3.63, 3.8) is 0 Å². The van der Waals surface area contributed by atoms with E-state index >= 15 is 0 Å². The molecule has 1 saturated heterocycles. The summed E-state index contributed by atoms with van der Waals surface area (Å²) in [6.45, 7) is 0.0669. The zero-order valence-corrected chi connectivity index (χ0v) is 11.4. The van der Waals surface area contributed by atoms with Gasteiger partial charge in [0, 0.05) is 12.7 Å². The molecule has 2 unspecified atom stereocenters. The summed E-state index contributed by atoms with van der Waals surface area (Å²) >= 11 is 5.60. The molecule has 0 saturated carbocycles. The van der Waals surface area contributed by atoms with Crippen molar-refractivity contribution in [1.82, 2.24) is 14.3 Å². The van der Waals surface area contributed by atoms with Gasteiger partial charge >= 0.3 is 5.97 Å². The average Bonchev–Trinajstić information content (AvgIpc) is 2.21. The van der Waals surface area contributed by atoms with Gasteiger partial charge < -0.3 is 10.4 Å². The molecule has 8 nitrogen and oxygen atoms in total. The highest BCUT2D eigenvalue weighted by atomic mass is 35.5. The number of hydrogen-bond acceptors (Lipinski definition) is 6. The monoisotopic (exact) mass is 306 g/mol. The molecule has 2 heterocycles. The lowest BCUT2D eigenvalue weighted by molar-refractivity contribution is -0.145. The predicted molar refractivity (Wildman–Crippen MR) is 67.4 cm³/mol. The number of carboxylic acid groups (broad SMARTS) is 1. The molecule has 0 amide bonds. The van der Waals surface area contributed by atoms with Crippen LogP contribution in [0.4, 0.5) is 5.82 Å². The highest BCUT2D eigenvalue weighted by Crippen LogP contribution is 2.24. The third-order valence-electron chi connectivity index (χ3n) is 2.71. The van der Waals surface area contributed by atoms with E-state index in [1.54, 1.807) is 0 Å². The van der Waals surface area contributed by atoms with Crippen LogP contribution in [0.5, 0.6) is 0 Å². The van der Waals surface area contributed by atoms with Gasteiger partial charge in [0.15, 0.2) is 0 Å². The van der Waals surface area contributed by atoms with E-state index < -0.39 is 28.1 Å². The topological polar surface area (TPSA) is 112 Å². The molecule has 0 aromatic carbocycles. The largest absolute Gasteiger partial charge is 0.480 e. The van der Waals surface area contributed by atoms with Crippen LogP contribution in [0.1, 0.15) is 0 Å². The van der Waals surface area contributed by atoms with Gasteiger partial charge in [0.2, 0.25) is 15.3 Å². The Morgan fingerprint density at radius 1 is 1.63 bits per heavy atom. The predicted octanol–water partition coefficient (Wildman–Crippen LogP) is -0.361. The van der Waals surface area contributed by atoms with Gasteiger partial charge in [-0.3, -0.25) is 4.79 Å². The molecule has 2 rings (SSSR count). The first kappa shape index (κ1) is 14.0. The average molecular weight is 307 g/mol. The third-order valence-corrected chi connectivity index (χ3v) is 4.12. The van der Waals surface area contributed by atoms with Crippen molar-refractivity contribution < 1.29 is 18.3 Å². The van der Waals surface area contributed by atoms with Gasteiger partial charge in [-0.15, -0.1) is 0 Å². The van der Waals surface area contributed by atoms with Crippen LogP contribution in [0, 0.1) is 0 Å². The minimum Gasteiger partial charge on any atom is -0.480 e. The minimum absolute atomic E-state index is 0.0242. The summed E-state index contributed by atoms with van der Waals surface area (Å²) in [7, 11) is -3.54. The third kappa shape index (κ3) is 2.94. The quantitative estimate of drug-likeness (QED) is 0.730. The Bertz CT molecular complexity index is 608. The molecule has 1 fully saturated rings. The number of anilines is 1. The summed E-state index contributed by atoms with van der Waals surface area (Å²) in [4.78, 5) is 18.7. The first-order valence-corrected chi connectivity index (χ1v) is 7.46. The van der Waals surface area contributed by atoms with Crippen molar-refractivity contribution in [1.29, 1.82) is 0 Å². The lowest BCUT2D eigenvalue weighted by Gasteiger charge is -2.43. The molecule has 1 aromatic rings. The number of hydrogen-bond donors (Lipinski definition) is 2. The van der Waals surface area contributed by atoms with Crippen LogP contribution < -0.4 is 5.32 Å². The maximum Gasteiger partial charge on any atom is 0.324 e. The Morgan fingerprint density at radius 2 is 2.32 bits per heavy atom. The van der Waals surface area contributed by atoms with E-state index in [0.29, 0.717) is 5.82 Å². The smallest absolute Gasteiger partial charge is 0.324 e. The van der Waals surface area contributed by atoms with E-state index in [4.69, 9.17) is 16.7 Å². The molecule has 0 bridgehead atoms. The lowest BCUT2D eigenvalue weighted by Crippen LogP contribution is -2.67. The van der Waals surface area contributed by atoms with Crippen molar-refractivity contribution in [2.24, 2.45) is 0 Å². The Morgan fingerprint density at radius 3 is 2.84 bits per heavy atom.